The molecule has 1 atom stereocenters. The van der Waals surface area contributed by atoms with Gasteiger partial charge in [-0.25, -0.2) is 4.98 Å². The predicted octanol–water partition coefficient (Wildman–Crippen LogP) is 1.46. The van der Waals surface area contributed by atoms with E-state index in [2.05, 4.69) is 15.1 Å². The Kier molecular flexibility index (Phi) is 4.40. The lowest BCUT2D eigenvalue weighted by Crippen LogP contribution is -2.13. The first-order chi connectivity index (χ1) is 8.69. The van der Waals surface area contributed by atoms with Crippen LogP contribution in [0.25, 0.3) is 0 Å². The molecule has 2 aromatic rings. The minimum Gasteiger partial charge on any atom is -0.385 e. The van der Waals surface area contributed by atoms with Gasteiger partial charge in [-0.05, 0) is 13.3 Å². The predicted molar refractivity (Wildman–Crippen MR) is 67.4 cm³/mol. The van der Waals surface area contributed by atoms with Crippen LogP contribution in [0.3, 0.4) is 0 Å². The van der Waals surface area contributed by atoms with Gasteiger partial charge in [-0.2, -0.15) is 4.98 Å². The molecule has 0 saturated carbocycles. The lowest BCUT2D eigenvalue weighted by Gasteiger charge is -2.04. The average Bonchev–Trinajstić information content (AvgIpc) is 2.96. The summed E-state index contributed by atoms with van der Waals surface area (Å²) in [5, 5.41) is 6.94. The van der Waals surface area contributed by atoms with Crippen LogP contribution < -0.4 is 5.73 Å². The summed E-state index contributed by atoms with van der Waals surface area (Å²) in [7, 11) is 1.64. The van der Waals surface area contributed by atoms with Crippen LogP contribution in [0.1, 0.15) is 34.9 Å². The fourth-order valence-corrected chi connectivity index (χ4v) is 2.12. The molecular formula is C11H16N4O2S. The number of ether oxygens (including phenoxy) is 1. The van der Waals surface area contributed by atoms with Gasteiger partial charge < -0.3 is 15.0 Å². The first-order valence-electron chi connectivity index (χ1n) is 5.67. The van der Waals surface area contributed by atoms with E-state index < -0.39 is 0 Å². The number of rotatable bonds is 6. The molecule has 0 aliphatic carbocycles. The second kappa shape index (κ2) is 6.03. The van der Waals surface area contributed by atoms with Crippen molar-refractivity contribution in [1.29, 1.82) is 0 Å². The highest BCUT2D eigenvalue weighted by molar-refractivity contribution is 7.09. The first-order valence-corrected chi connectivity index (χ1v) is 6.55. The third-order valence-corrected chi connectivity index (χ3v) is 3.26. The van der Waals surface area contributed by atoms with E-state index >= 15 is 0 Å². The van der Waals surface area contributed by atoms with E-state index in [4.69, 9.17) is 15.0 Å². The molecule has 0 spiro atoms. The zero-order chi connectivity index (χ0) is 13.0. The Labute approximate surface area is 109 Å². The molecular weight excluding hydrogens is 252 g/mol. The fraction of sp³-hybridized carbons (Fsp3) is 0.545. The number of nitrogens with zero attached hydrogens (tertiary/aromatic N) is 3. The van der Waals surface area contributed by atoms with Gasteiger partial charge in [0.25, 0.3) is 0 Å². The molecule has 2 rings (SSSR count). The number of methoxy groups -OCH3 is 1. The summed E-state index contributed by atoms with van der Waals surface area (Å²) in [6.07, 6.45) is 1.23. The zero-order valence-corrected chi connectivity index (χ0v) is 11.2. The van der Waals surface area contributed by atoms with Crippen molar-refractivity contribution >= 4 is 11.3 Å². The lowest BCUT2D eigenvalue weighted by molar-refractivity contribution is 0.182. The van der Waals surface area contributed by atoms with Crippen LogP contribution in [0.4, 0.5) is 0 Å². The Morgan fingerprint density at radius 1 is 1.50 bits per heavy atom. The van der Waals surface area contributed by atoms with E-state index in [-0.39, 0.29) is 6.04 Å². The highest BCUT2D eigenvalue weighted by atomic mass is 32.1. The van der Waals surface area contributed by atoms with Crippen LogP contribution in [-0.4, -0.2) is 28.8 Å². The summed E-state index contributed by atoms with van der Waals surface area (Å²) in [5.41, 5.74) is 6.86. The highest BCUT2D eigenvalue weighted by Crippen LogP contribution is 2.15. The van der Waals surface area contributed by atoms with Crippen molar-refractivity contribution < 1.29 is 9.26 Å². The number of aryl methyl sites for hydroxylation is 1. The molecule has 2 N–H and O–H groups in total. The van der Waals surface area contributed by atoms with Crippen molar-refractivity contribution in [3.63, 3.8) is 0 Å². The molecule has 98 valence electrons. The van der Waals surface area contributed by atoms with Gasteiger partial charge in [0, 0.05) is 19.1 Å². The van der Waals surface area contributed by atoms with Crippen molar-refractivity contribution in [1.82, 2.24) is 15.1 Å². The van der Waals surface area contributed by atoms with Gasteiger partial charge >= 0.3 is 0 Å². The molecule has 2 aromatic heterocycles. The Bertz CT molecular complexity index is 497. The van der Waals surface area contributed by atoms with Crippen molar-refractivity contribution in [3.8, 4) is 0 Å². The van der Waals surface area contributed by atoms with Crippen LogP contribution in [0.15, 0.2) is 9.90 Å². The van der Waals surface area contributed by atoms with E-state index in [1.807, 2.05) is 12.3 Å². The molecule has 0 aromatic carbocycles. The van der Waals surface area contributed by atoms with Crippen LogP contribution in [0.5, 0.6) is 0 Å². The maximum absolute atomic E-state index is 5.90. The largest absolute Gasteiger partial charge is 0.385 e. The van der Waals surface area contributed by atoms with Crippen LogP contribution in [0, 0.1) is 6.92 Å². The smallest absolute Gasteiger partial charge is 0.243 e. The third-order valence-electron chi connectivity index (χ3n) is 2.44. The lowest BCUT2D eigenvalue weighted by atomic mass is 10.2. The number of aromatic nitrogens is 3. The molecule has 7 heteroatoms. The Hall–Kier alpha value is -1.31. The highest BCUT2D eigenvalue weighted by Gasteiger charge is 2.15. The molecule has 0 saturated heterocycles. The van der Waals surface area contributed by atoms with Gasteiger partial charge in [0.05, 0.1) is 23.2 Å². The maximum atomic E-state index is 5.90. The number of thiazole rings is 1. The second-order valence-electron chi connectivity index (χ2n) is 3.97. The molecule has 0 aliphatic heterocycles. The Morgan fingerprint density at radius 3 is 3.00 bits per heavy atom. The van der Waals surface area contributed by atoms with Crippen molar-refractivity contribution in [2.45, 2.75) is 25.8 Å². The first kappa shape index (κ1) is 13.1. The Balaban J connectivity index is 1.97. The average molecular weight is 268 g/mol. The SMILES string of the molecule is COCCC(N)c1nc(Cc2csc(C)n2)no1. The van der Waals surface area contributed by atoms with Crippen molar-refractivity contribution in [2.75, 3.05) is 13.7 Å². The van der Waals surface area contributed by atoms with E-state index in [0.29, 0.717) is 31.2 Å². The fourth-order valence-electron chi connectivity index (χ4n) is 1.51. The summed E-state index contributed by atoms with van der Waals surface area (Å²) >= 11 is 1.61. The molecule has 0 radical (unpaired) electrons. The summed E-state index contributed by atoms with van der Waals surface area (Å²) < 4.78 is 10.1. The second-order valence-corrected chi connectivity index (χ2v) is 5.03. The molecule has 18 heavy (non-hydrogen) atoms. The van der Waals surface area contributed by atoms with Crippen molar-refractivity contribution in [3.05, 3.63) is 27.8 Å². The van der Waals surface area contributed by atoms with E-state index in [0.717, 1.165) is 10.7 Å². The normalized spacial score (nSPS) is 12.8. The number of hydrogen-bond donors (Lipinski definition) is 1. The zero-order valence-electron chi connectivity index (χ0n) is 10.4. The van der Waals surface area contributed by atoms with Gasteiger partial charge in [-0.1, -0.05) is 5.16 Å². The van der Waals surface area contributed by atoms with E-state index in [9.17, 15) is 0 Å². The number of nitrogens with two attached hydrogens (primary N) is 1. The standard InChI is InChI=1S/C11H16N4O2S/c1-7-13-8(6-18-7)5-10-14-11(17-15-10)9(12)3-4-16-2/h6,9H,3-5,12H2,1-2H3. The summed E-state index contributed by atoms with van der Waals surface area (Å²) in [6, 6.07) is -0.275. The quantitative estimate of drug-likeness (QED) is 0.853. The summed E-state index contributed by atoms with van der Waals surface area (Å²) in [4.78, 5) is 8.63. The Morgan fingerprint density at radius 2 is 2.33 bits per heavy atom. The van der Waals surface area contributed by atoms with Gasteiger partial charge in [0.2, 0.25) is 5.89 Å². The van der Waals surface area contributed by atoms with E-state index in [1.165, 1.54) is 0 Å². The number of hydrogen-bond acceptors (Lipinski definition) is 7. The minimum atomic E-state index is -0.275. The van der Waals surface area contributed by atoms with Crippen LogP contribution >= 0.6 is 11.3 Å². The molecule has 1 unspecified atom stereocenters. The molecule has 0 aliphatic rings. The van der Waals surface area contributed by atoms with Gasteiger partial charge in [0.1, 0.15) is 0 Å². The summed E-state index contributed by atoms with van der Waals surface area (Å²) in [5.74, 6) is 1.07. The van der Waals surface area contributed by atoms with Crippen LogP contribution in [-0.2, 0) is 11.2 Å². The third kappa shape index (κ3) is 3.34. The van der Waals surface area contributed by atoms with Crippen LogP contribution in [0.2, 0.25) is 0 Å². The van der Waals surface area contributed by atoms with Gasteiger partial charge in [-0.3, -0.25) is 0 Å². The van der Waals surface area contributed by atoms with Gasteiger partial charge in [-0.15, -0.1) is 11.3 Å². The van der Waals surface area contributed by atoms with Gasteiger partial charge in [0.15, 0.2) is 5.82 Å². The summed E-state index contributed by atoms with van der Waals surface area (Å²) in [6.45, 7) is 2.54. The maximum Gasteiger partial charge on any atom is 0.243 e. The monoisotopic (exact) mass is 268 g/mol. The molecule has 0 fully saturated rings. The minimum absolute atomic E-state index is 0.275. The topological polar surface area (TPSA) is 87.1 Å². The van der Waals surface area contributed by atoms with Crippen molar-refractivity contribution in [2.24, 2.45) is 5.73 Å². The molecule has 0 amide bonds. The molecule has 2 heterocycles. The molecule has 6 nitrogen and oxygen atoms in total. The van der Waals surface area contributed by atoms with E-state index in [1.54, 1.807) is 18.4 Å². The molecule has 0 bridgehead atoms.